The number of nitrogens with one attached hydrogen (secondary N) is 2. The fourth-order valence-corrected chi connectivity index (χ4v) is 3.89. The third kappa shape index (κ3) is 7.42. The molecule has 3 aromatic carbocycles. The van der Waals surface area contributed by atoms with Gasteiger partial charge in [-0.05, 0) is 67.6 Å². The molecule has 0 bridgehead atoms. The summed E-state index contributed by atoms with van der Waals surface area (Å²) >= 11 is 0. The van der Waals surface area contributed by atoms with E-state index in [2.05, 4.69) is 10.6 Å². The topological polar surface area (TPSA) is 102 Å². The van der Waals surface area contributed by atoms with Crippen molar-refractivity contribution in [2.75, 3.05) is 13.1 Å². The summed E-state index contributed by atoms with van der Waals surface area (Å²) in [4.78, 5) is 12.6. The van der Waals surface area contributed by atoms with Crippen LogP contribution < -0.4 is 10.6 Å². The minimum absolute atomic E-state index is 0.00993. The van der Waals surface area contributed by atoms with E-state index in [0.717, 1.165) is 12.0 Å². The standard InChI is InChI=1S/C28H34N2O4/c1-28(2,30-18-26(33)22-11-12-25(32)24(16-22)19-31)17-21-9-6-10-23(15-21)27(34)29-14-13-20-7-4-3-5-8-20/h3-12,15-16,26,30-33H,13-14,17-19H2,1-2H3,(H,29,34)/t26-/m0/s1. The predicted molar refractivity (Wildman–Crippen MR) is 134 cm³/mol. The second kappa shape index (κ2) is 11.8. The van der Waals surface area contributed by atoms with E-state index in [1.54, 1.807) is 12.1 Å². The van der Waals surface area contributed by atoms with Crippen molar-refractivity contribution in [3.8, 4) is 5.75 Å². The maximum Gasteiger partial charge on any atom is 0.251 e. The molecule has 6 nitrogen and oxygen atoms in total. The zero-order chi connectivity index (χ0) is 24.6. The highest BCUT2D eigenvalue weighted by Crippen LogP contribution is 2.23. The SMILES string of the molecule is CC(C)(Cc1cccc(C(=O)NCCc2ccccc2)c1)NC[C@H](O)c1ccc(O)c(CO)c1. The van der Waals surface area contributed by atoms with E-state index in [1.807, 2.05) is 68.4 Å². The number of amides is 1. The lowest BCUT2D eigenvalue weighted by Crippen LogP contribution is -2.43. The van der Waals surface area contributed by atoms with E-state index >= 15 is 0 Å². The summed E-state index contributed by atoms with van der Waals surface area (Å²) in [6, 6.07) is 22.4. The van der Waals surface area contributed by atoms with Gasteiger partial charge in [-0.25, -0.2) is 0 Å². The Bertz CT molecular complexity index is 1080. The van der Waals surface area contributed by atoms with Gasteiger partial charge >= 0.3 is 0 Å². The maximum atomic E-state index is 12.6. The van der Waals surface area contributed by atoms with Gasteiger partial charge in [0.2, 0.25) is 0 Å². The molecule has 1 atom stereocenters. The van der Waals surface area contributed by atoms with Gasteiger partial charge in [-0.15, -0.1) is 0 Å². The average Bonchev–Trinajstić information content (AvgIpc) is 2.83. The lowest BCUT2D eigenvalue weighted by molar-refractivity contribution is 0.0954. The quantitative estimate of drug-likeness (QED) is 0.300. The Morgan fingerprint density at radius 1 is 0.971 bits per heavy atom. The number of carbonyl (C=O) groups is 1. The molecule has 0 aliphatic rings. The van der Waals surface area contributed by atoms with Crippen molar-refractivity contribution in [1.82, 2.24) is 10.6 Å². The molecule has 6 heteroatoms. The van der Waals surface area contributed by atoms with Crippen LogP contribution >= 0.6 is 0 Å². The summed E-state index contributed by atoms with van der Waals surface area (Å²) in [6.07, 6.45) is 0.668. The van der Waals surface area contributed by atoms with Crippen LogP contribution in [-0.4, -0.2) is 39.9 Å². The van der Waals surface area contributed by atoms with Gasteiger partial charge in [-0.1, -0.05) is 48.5 Å². The van der Waals surface area contributed by atoms with E-state index < -0.39 is 6.10 Å². The highest BCUT2D eigenvalue weighted by molar-refractivity contribution is 5.94. The van der Waals surface area contributed by atoms with Gasteiger partial charge in [0, 0.05) is 29.8 Å². The van der Waals surface area contributed by atoms with Crippen LogP contribution in [0.4, 0.5) is 0 Å². The lowest BCUT2D eigenvalue weighted by atomic mass is 9.93. The smallest absolute Gasteiger partial charge is 0.251 e. The molecule has 0 saturated heterocycles. The number of hydrogen-bond donors (Lipinski definition) is 5. The molecule has 3 rings (SSSR count). The Kier molecular flexibility index (Phi) is 8.82. The maximum absolute atomic E-state index is 12.6. The molecule has 0 fully saturated rings. The molecule has 0 heterocycles. The third-order valence-electron chi connectivity index (χ3n) is 5.81. The van der Waals surface area contributed by atoms with Gasteiger partial charge in [0.05, 0.1) is 12.7 Å². The zero-order valence-electron chi connectivity index (χ0n) is 19.8. The van der Waals surface area contributed by atoms with E-state index in [-0.39, 0.29) is 23.8 Å². The fraction of sp³-hybridized carbons (Fsp3) is 0.321. The molecule has 0 aliphatic heterocycles. The summed E-state index contributed by atoms with van der Waals surface area (Å²) in [6.45, 7) is 4.68. The Balaban J connectivity index is 1.53. The number of aromatic hydroxyl groups is 1. The van der Waals surface area contributed by atoms with E-state index in [4.69, 9.17) is 0 Å². The second-order valence-corrected chi connectivity index (χ2v) is 9.20. The third-order valence-corrected chi connectivity index (χ3v) is 5.81. The van der Waals surface area contributed by atoms with E-state index in [0.29, 0.717) is 36.2 Å². The van der Waals surface area contributed by atoms with Crippen molar-refractivity contribution >= 4 is 5.91 Å². The summed E-state index contributed by atoms with van der Waals surface area (Å²) in [7, 11) is 0. The van der Waals surface area contributed by atoms with Crippen molar-refractivity contribution in [3.05, 3.63) is 101 Å². The number of benzene rings is 3. The van der Waals surface area contributed by atoms with E-state index in [9.17, 15) is 20.1 Å². The summed E-state index contributed by atoms with van der Waals surface area (Å²) < 4.78 is 0. The van der Waals surface area contributed by atoms with Crippen molar-refractivity contribution < 1.29 is 20.1 Å². The minimum atomic E-state index is -0.785. The van der Waals surface area contributed by atoms with Gasteiger partial charge < -0.3 is 26.0 Å². The monoisotopic (exact) mass is 462 g/mol. The Hall–Kier alpha value is -3.19. The van der Waals surface area contributed by atoms with Crippen molar-refractivity contribution in [3.63, 3.8) is 0 Å². The second-order valence-electron chi connectivity index (χ2n) is 9.20. The molecule has 0 aromatic heterocycles. The van der Waals surface area contributed by atoms with Crippen LogP contribution in [-0.2, 0) is 19.4 Å². The Morgan fingerprint density at radius 2 is 1.71 bits per heavy atom. The van der Waals surface area contributed by atoms with Gasteiger partial charge in [0.25, 0.3) is 5.91 Å². The summed E-state index contributed by atoms with van der Waals surface area (Å²) in [5.74, 6) is -0.0818. The van der Waals surface area contributed by atoms with Crippen LogP contribution in [0.1, 0.15) is 52.6 Å². The molecule has 180 valence electrons. The van der Waals surface area contributed by atoms with Crippen molar-refractivity contribution in [2.24, 2.45) is 0 Å². The highest BCUT2D eigenvalue weighted by Gasteiger charge is 2.21. The molecule has 0 aliphatic carbocycles. The van der Waals surface area contributed by atoms with Crippen LogP contribution in [0.25, 0.3) is 0 Å². The zero-order valence-corrected chi connectivity index (χ0v) is 19.8. The van der Waals surface area contributed by atoms with Crippen LogP contribution in [0.15, 0.2) is 72.8 Å². The fourth-order valence-electron chi connectivity index (χ4n) is 3.89. The molecule has 5 N–H and O–H groups in total. The molecule has 34 heavy (non-hydrogen) atoms. The Labute approximate surface area is 201 Å². The molecule has 0 radical (unpaired) electrons. The molecule has 0 saturated carbocycles. The highest BCUT2D eigenvalue weighted by atomic mass is 16.3. The minimum Gasteiger partial charge on any atom is -0.508 e. The van der Waals surface area contributed by atoms with Crippen LogP contribution in [0.3, 0.4) is 0 Å². The number of phenols is 1. The van der Waals surface area contributed by atoms with Crippen molar-refractivity contribution in [2.45, 2.75) is 44.9 Å². The van der Waals surface area contributed by atoms with Gasteiger partial charge in [-0.2, -0.15) is 0 Å². The number of aliphatic hydroxyl groups is 2. The van der Waals surface area contributed by atoms with Gasteiger partial charge in [0.15, 0.2) is 0 Å². The number of aliphatic hydroxyl groups excluding tert-OH is 2. The lowest BCUT2D eigenvalue weighted by Gasteiger charge is -2.28. The summed E-state index contributed by atoms with van der Waals surface area (Å²) in [5, 5.41) is 36.0. The number of hydrogen-bond acceptors (Lipinski definition) is 5. The van der Waals surface area contributed by atoms with Gasteiger partial charge in [-0.3, -0.25) is 4.79 Å². The molecular weight excluding hydrogens is 428 g/mol. The first-order valence-corrected chi connectivity index (χ1v) is 11.5. The summed E-state index contributed by atoms with van der Waals surface area (Å²) in [5.41, 5.74) is 3.51. The average molecular weight is 463 g/mol. The predicted octanol–water partition coefficient (Wildman–Crippen LogP) is 3.50. The van der Waals surface area contributed by atoms with E-state index in [1.165, 1.54) is 11.6 Å². The molecule has 3 aromatic rings. The van der Waals surface area contributed by atoms with Crippen LogP contribution in [0.5, 0.6) is 5.75 Å². The molecule has 0 unspecified atom stereocenters. The number of β-amino-alcohol motifs (C(OH)–C–C–N with tert-alkyl or cyclic N) is 1. The largest absolute Gasteiger partial charge is 0.508 e. The first-order valence-electron chi connectivity index (χ1n) is 11.5. The normalized spacial score (nSPS) is 12.4. The first kappa shape index (κ1) is 25.4. The van der Waals surface area contributed by atoms with Crippen LogP contribution in [0.2, 0.25) is 0 Å². The first-order chi connectivity index (χ1) is 16.3. The van der Waals surface area contributed by atoms with Crippen molar-refractivity contribution in [1.29, 1.82) is 0 Å². The van der Waals surface area contributed by atoms with Gasteiger partial charge in [0.1, 0.15) is 5.75 Å². The molecular formula is C28H34N2O4. The Morgan fingerprint density at radius 3 is 2.44 bits per heavy atom. The number of carbonyl (C=O) groups excluding carboxylic acids is 1. The van der Waals surface area contributed by atoms with Crippen LogP contribution in [0, 0.1) is 0 Å². The molecule has 1 amide bonds. The number of rotatable bonds is 11. The molecule has 0 spiro atoms.